The van der Waals surface area contributed by atoms with E-state index >= 15 is 0 Å². The summed E-state index contributed by atoms with van der Waals surface area (Å²) in [6.45, 7) is 6.11. The van der Waals surface area contributed by atoms with Gasteiger partial charge in [-0.15, -0.1) is 5.10 Å². The van der Waals surface area contributed by atoms with Crippen molar-refractivity contribution in [3.8, 4) is 0 Å². The molecule has 1 aromatic carbocycles. The van der Waals surface area contributed by atoms with Gasteiger partial charge in [-0.25, -0.2) is 4.68 Å². The van der Waals surface area contributed by atoms with Gasteiger partial charge in [0.15, 0.2) is 0 Å². The summed E-state index contributed by atoms with van der Waals surface area (Å²) in [5.74, 6) is 0. The summed E-state index contributed by atoms with van der Waals surface area (Å²) in [7, 11) is 0. The number of nitrogens with zero attached hydrogens (tertiary/aromatic N) is 3. The minimum absolute atomic E-state index is 0.0789. The molecule has 1 heterocycles. The van der Waals surface area contributed by atoms with Crippen LogP contribution in [-0.2, 0) is 6.54 Å². The van der Waals surface area contributed by atoms with Crippen molar-refractivity contribution < 1.29 is 0 Å². The summed E-state index contributed by atoms with van der Waals surface area (Å²) in [5.41, 5.74) is 2.23. The van der Waals surface area contributed by atoms with Gasteiger partial charge in [0, 0.05) is 11.6 Å². The normalized spacial score (nSPS) is 12.6. The van der Waals surface area contributed by atoms with Gasteiger partial charge in [-0.05, 0) is 37.1 Å². The Morgan fingerprint density at radius 1 is 1.30 bits per heavy atom. The predicted octanol–water partition coefficient (Wildman–Crippen LogP) is 3.43. The lowest BCUT2D eigenvalue weighted by Crippen LogP contribution is -2.26. The Kier molecular flexibility index (Phi) is 5.56. The molecule has 0 saturated heterocycles. The molecule has 0 aliphatic rings. The predicted molar refractivity (Wildman–Crippen MR) is 81.9 cm³/mol. The fourth-order valence-corrected chi connectivity index (χ4v) is 2.44. The monoisotopic (exact) mass is 292 g/mol. The number of nitrogens with one attached hydrogen (secondary N) is 1. The molecule has 5 heteroatoms. The van der Waals surface area contributed by atoms with Crippen molar-refractivity contribution in [2.75, 3.05) is 6.54 Å². The van der Waals surface area contributed by atoms with Crippen molar-refractivity contribution in [2.24, 2.45) is 0 Å². The number of aryl methyl sites for hydroxylation is 1. The van der Waals surface area contributed by atoms with E-state index in [9.17, 15) is 0 Å². The third-order valence-electron chi connectivity index (χ3n) is 3.16. The fourth-order valence-electron chi connectivity index (χ4n) is 2.24. The highest BCUT2D eigenvalue weighted by atomic mass is 35.5. The van der Waals surface area contributed by atoms with Crippen LogP contribution in [0.2, 0.25) is 5.02 Å². The molecule has 1 N–H and O–H groups in total. The first-order chi connectivity index (χ1) is 9.76. The number of halogens is 1. The SMILES string of the molecule is CCCNC(c1cccc(Cl)c1)c1cnnn1CCC. The zero-order chi connectivity index (χ0) is 14.4. The van der Waals surface area contributed by atoms with Crippen molar-refractivity contribution in [1.82, 2.24) is 20.3 Å². The maximum Gasteiger partial charge on any atom is 0.0802 e. The first-order valence-corrected chi connectivity index (χ1v) is 7.51. The van der Waals surface area contributed by atoms with Gasteiger partial charge in [0.2, 0.25) is 0 Å². The number of aromatic nitrogens is 3. The molecule has 0 saturated carbocycles. The number of hydrogen-bond donors (Lipinski definition) is 1. The third kappa shape index (κ3) is 3.58. The Hall–Kier alpha value is -1.39. The highest BCUT2D eigenvalue weighted by Crippen LogP contribution is 2.24. The average Bonchev–Trinajstić information content (AvgIpc) is 2.88. The van der Waals surface area contributed by atoms with Crippen LogP contribution in [0.3, 0.4) is 0 Å². The number of hydrogen-bond acceptors (Lipinski definition) is 3. The van der Waals surface area contributed by atoms with E-state index in [1.807, 2.05) is 29.1 Å². The molecule has 0 fully saturated rings. The van der Waals surface area contributed by atoms with Crippen molar-refractivity contribution in [3.05, 3.63) is 46.7 Å². The molecule has 4 nitrogen and oxygen atoms in total. The van der Waals surface area contributed by atoms with Crippen LogP contribution in [0.25, 0.3) is 0 Å². The van der Waals surface area contributed by atoms with Crippen LogP contribution in [0.4, 0.5) is 0 Å². The molecule has 108 valence electrons. The van der Waals surface area contributed by atoms with E-state index in [2.05, 4.69) is 35.5 Å². The largest absolute Gasteiger partial charge is 0.305 e. The summed E-state index contributed by atoms with van der Waals surface area (Å²) in [6, 6.07) is 8.03. The summed E-state index contributed by atoms with van der Waals surface area (Å²) in [4.78, 5) is 0. The van der Waals surface area contributed by atoms with Crippen molar-refractivity contribution in [2.45, 2.75) is 39.3 Å². The molecule has 2 rings (SSSR count). The molecule has 0 aliphatic carbocycles. The second kappa shape index (κ2) is 7.41. The molecule has 0 spiro atoms. The Bertz CT molecular complexity index is 538. The van der Waals surface area contributed by atoms with Gasteiger partial charge < -0.3 is 5.32 Å². The standard InChI is InChI=1S/C15H21ClN4/c1-3-8-17-15(12-6-5-7-13(16)10-12)14-11-18-19-20(14)9-4-2/h5-7,10-11,15,17H,3-4,8-9H2,1-2H3. The zero-order valence-electron chi connectivity index (χ0n) is 12.0. The lowest BCUT2D eigenvalue weighted by Gasteiger charge is -2.20. The summed E-state index contributed by atoms with van der Waals surface area (Å²) in [6.07, 6.45) is 3.95. The van der Waals surface area contributed by atoms with E-state index in [1.165, 1.54) is 0 Å². The minimum atomic E-state index is 0.0789. The number of rotatable bonds is 7. The second-order valence-electron chi connectivity index (χ2n) is 4.82. The van der Waals surface area contributed by atoms with Crippen LogP contribution in [0.15, 0.2) is 30.5 Å². The van der Waals surface area contributed by atoms with Crippen LogP contribution >= 0.6 is 11.6 Å². The zero-order valence-corrected chi connectivity index (χ0v) is 12.8. The smallest absolute Gasteiger partial charge is 0.0802 e. The Balaban J connectivity index is 2.33. The van der Waals surface area contributed by atoms with Crippen molar-refractivity contribution >= 4 is 11.6 Å². The average molecular weight is 293 g/mol. The summed E-state index contributed by atoms with van der Waals surface area (Å²) >= 11 is 6.12. The van der Waals surface area contributed by atoms with Gasteiger partial charge in [-0.1, -0.05) is 42.8 Å². The van der Waals surface area contributed by atoms with Gasteiger partial charge >= 0.3 is 0 Å². The van der Waals surface area contributed by atoms with E-state index in [0.717, 1.165) is 42.2 Å². The van der Waals surface area contributed by atoms with Gasteiger partial charge in [-0.3, -0.25) is 0 Å². The Morgan fingerprint density at radius 3 is 2.85 bits per heavy atom. The maximum atomic E-state index is 6.12. The van der Waals surface area contributed by atoms with Gasteiger partial charge in [-0.2, -0.15) is 0 Å². The maximum absolute atomic E-state index is 6.12. The Labute approximate surface area is 125 Å². The molecule has 1 atom stereocenters. The van der Waals surface area contributed by atoms with Crippen molar-refractivity contribution in [1.29, 1.82) is 0 Å². The molecule has 2 aromatic rings. The van der Waals surface area contributed by atoms with E-state index in [0.29, 0.717) is 0 Å². The van der Waals surface area contributed by atoms with Gasteiger partial charge in [0.05, 0.1) is 17.9 Å². The summed E-state index contributed by atoms with van der Waals surface area (Å²) in [5, 5.41) is 12.5. The van der Waals surface area contributed by atoms with E-state index in [1.54, 1.807) is 0 Å². The second-order valence-corrected chi connectivity index (χ2v) is 5.26. The molecule has 20 heavy (non-hydrogen) atoms. The highest BCUT2D eigenvalue weighted by Gasteiger charge is 2.18. The molecule has 0 bridgehead atoms. The van der Waals surface area contributed by atoms with Crippen LogP contribution in [-0.4, -0.2) is 21.5 Å². The quantitative estimate of drug-likeness (QED) is 0.850. The van der Waals surface area contributed by atoms with E-state index in [-0.39, 0.29) is 6.04 Å². The van der Waals surface area contributed by atoms with Crippen LogP contribution < -0.4 is 5.32 Å². The van der Waals surface area contributed by atoms with E-state index < -0.39 is 0 Å². The molecular weight excluding hydrogens is 272 g/mol. The van der Waals surface area contributed by atoms with Crippen LogP contribution in [0.1, 0.15) is 44.0 Å². The fraction of sp³-hybridized carbons (Fsp3) is 0.467. The molecule has 0 aliphatic heterocycles. The lowest BCUT2D eigenvalue weighted by atomic mass is 10.0. The highest BCUT2D eigenvalue weighted by molar-refractivity contribution is 6.30. The van der Waals surface area contributed by atoms with Gasteiger partial charge in [0.1, 0.15) is 0 Å². The molecule has 1 aromatic heterocycles. The van der Waals surface area contributed by atoms with Crippen molar-refractivity contribution in [3.63, 3.8) is 0 Å². The molecule has 0 amide bonds. The van der Waals surface area contributed by atoms with Gasteiger partial charge in [0.25, 0.3) is 0 Å². The topological polar surface area (TPSA) is 42.7 Å². The minimum Gasteiger partial charge on any atom is -0.305 e. The number of benzene rings is 1. The molecule has 0 radical (unpaired) electrons. The van der Waals surface area contributed by atoms with Crippen LogP contribution in [0.5, 0.6) is 0 Å². The molecule has 1 unspecified atom stereocenters. The lowest BCUT2D eigenvalue weighted by molar-refractivity contribution is 0.504. The summed E-state index contributed by atoms with van der Waals surface area (Å²) < 4.78 is 1.97. The Morgan fingerprint density at radius 2 is 2.15 bits per heavy atom. The molecular formula is C15H21ClN4. The first kappa shape index (κ1) is 15.0. The third-order valence-corrected chi connectivity index (χ3v) is 3.39. The van der Waals surface area contributed by atoms with E-state index in [4.69, 9.17) is 11.6 Å². The first-order valence-electron chi connectivity index (χ1n) is 7.13. The van der Waals surface area contributed by atoms with Crippen LogP contribution in [0, 0.1) is 0 Å².